The summed E-state index contributed by atoms with van der Waals surface area (Å²) in [4.78, 5) is 25.4. The molecule has 1 rings (SSSR count). The molecule has 20 heavy (non-hydrogen) atoms. The van der Waals surface area contributed by atoms with E-state index in [4.69, 9.17) is 4.74 Å². The Balaban J connectivity index is 2.56. The number of hydrogen-bond donors (Lipinski definition) is 0. The van der Waals surface area contributed by atoms with E-state index in [0.29, 0.717) is 19.5 Å². The van der Waals surface area contributed by atoms with Crippen LogP contribution in [-0.4, -0.2) is 49.7 Å². The van der Waals surface area contributed by atoms with Crippen LogP contribution in [0, 0.1) is 5.41 Å². The summed E-state index contributed by atoms with van der Waals surface area (Å²) >= 11 is 0. The molecule has 0 spiro atoms. The van der Waals surface area contributed by atoms with Crippen molar-refractivity contribution in [1.29, 1.82) is 0 Å². The molecule has 0 bridgehead atoms. The summed E-state index contributed by atoms with van der Waals surface area (Å²) in [5.74, 6) is -0.206. The van der Waals surface area contributed by atoms with Crippen LogP contribution in [0.5, 0.6) is 0 Å². The zero-order valence-corrected chi connectivity index (χ0v) is 13.1. The molecule has 1 saturated heterocycles. The van der Waals surface area contributed by atoms with Gasteiger partial charge >= 0.3 is 5.97 Å². The van der Waals surface area contributed by atoms with Crippen LogP contribution in [0.15, 0.2) is 0 Å². The molecule has 1 unspecified atom stereocenters. The molecule has 1 amide bonds. The van der Waals surface area contributed by atoms with Crippen molar-refractivity contribution < 1.29 is 19.1 Å². The Labute approximate surface area is 121 Å². The highest BCUT2D eigenvalue weighted by Gasteiger charge is 2.26. The molecular formula is C15H27NO4. The van der Waals surface area contributed by atoms with Crippen LogP contribution in [0.1, 0.15) is 46.5 Å². The molecule has 1 heterocycles. The number of esters is 1. The number of carbonyl (C=O) groups excluding carboxylic acids is 2. The number of carbonyl (C=O) groups is 2. The summed E-state index contributed by atoms with van der Waals surface area (Å²) in [5, 5.41) is 0. The van der Waals surface area contributed by atoms with Gasteiger partial charge in [-0.1, -0.05) is 20.8 Å². The fourth-order valence-corrected chi connectivity index (χ4v) is 2.25. The third kappa shape index (κ3) is 6.37. The number of ether oxygens (including phenoxy) is 2. The lowest BCUT2D eigenvalue weighted by molar-refractivity contribution is -0.142. The molecule has 1 fully saturated rings. The van der Waals surface area contributed by atoms with Gasteiger partial charge in [-0.25, -0.2) is 0 Å². The van der Waals surface area contributed by atoms with E-state index in [1.165, 1.54) is 7.11 Å². The van der Waals surface area contributed by atoms with E-state index in [-0.39, 0.29) is 29.8 Å². The van der Waals surface area contributed by atoms with Crippen molar-refractivity contribution in [3.63, 3.8) is 0 Å². The fraction of sp³-hybridized carbons (Fsp3) is 0.867. The lowest BCUT2D eigenvalue weighted by Gasteiger charge is -2.28. The van der Waals surface area contributed by atoms with Crippen LogP contribution in [0.3, 0.4) is 0 Å². The smallest absolute Gasteiger partial charge is 0.307 e. The number of nitrogens with zero attached hydrogens (tertiary/aromatic N) is 1. The average Bonchev–Trinajstić information content (AvgIpc) is 2.84. The second-order valence-corrected chi connectivity index (χ2v) is 6.54. The third-order valence-electron chi connectivity index (χ3n) is 3.30. The number of hydrogen-bond acceptors (Lipinski definition) is 4. The van der Waals surface area contributed by atoms with Crippen molar-refractivity contribution in [2.24, 2.45) is 5.41 Å². The second kappa shape index (κ2) is 7.62. The van der Waals surface area contributed by atoms with E-state index in [9.17, 15) is 9.59 Å². The lowest BCUT2D eigenvalue weighted by atomic mass is 9.91. The van der Waals surface area contributed by atoms with Gasteiger partial charge < -0.3 is 14.4 Å². The molecule has 1 aliphatic heterocycles. The van der Waals surface area contributed by atoms with Gasteiger partial charge in [-0.05, 0) is 18.3 Å². The quantitative estimate of drug-likeness (QED) is 0.700. The third-order valence-corrected chi connectivity index (χ3v) is 3.30. The molecule has 0 aromatic rings. The molecule has 1 aliphatic rings. The van der Waals surface area contributed by atoms with Gasteiger partial charge in [0, 0.05) is 26.1 Å². The molecular weight excluding hydrogens is 258 g/mol. The molecule has 5 heteroatoms. The normalized spacial score (nSPS) is 18.9. The molecule has 116 valence electrons. The first kappa shape index (κ1) is 17.0. The molecule has 5 nitrogen and oxygen atoms in total. The van der Waals surface area contributed by atoms with E-state index >= 15 is 0 Å². The van der Waals surface area contributed by atoms with Crippen LogP contribution in [-0.2, 0) is 19.1 Å². The minimum atomic E-state index is -0.286. The Morgan fingerprint density at radius 3 is 2.55 bits per heavy atom. The van der Waals surface area contributed by atoms with Gasteiger partial charge in [0.15, 0.2) is 0 Å². The van der Waals surface area contributed by atoms with Crippen LogP contribution < -0.4 is 0 Å². The van der Waals surface area contributed by atoms with Gasteiger partial charge in [0.05, 0.1) is 19.6 Å². The van der Waals surface area contributed by atoms with Crippen molar-refractivity contribution in [3.8, 4) is 0 Å². The van der Waals surface area contributed by atoms with Crippen molar-refractivity contribution in [2.75, 3.05) is 26.8 Å². The van der Waals surface area contributed by atoms with Crippen LogP contribution in [0.2, 0.25) is 0 Å². The maximum absolute atomic E-state index is 12.4. The predicted octanol–water partition coefficient (Wildman–Crippen LogP) is 1.99. The van der Waals surface area contributed by atoms with Crippen LogP contribution >= 0.6 is 0 Å². The lowest BCUT2D eigenvalue weighted by Crippen LogP contribution is -2.40. The highest BCUT2D eigenvalue weighted by molar-refractivity contribution is 5.77. The molecule has 0 aromatic heterocycles. The summed E-state index contributed by atoms with van der Waals surface area (Å²) in [5.41, 5.74) is -0.0584. The van der Waals surface area contributed by atoms with E-state index in [2.05, 4.69) is 4.74 Å². The Morgan fingerprint density at radius 2 is 2.05 bits per heavy atom. The molecule has 0 N–H and O–H groups in total. The zero-order valence-electron chi connectivity index (χ0n) is 13.1. The van der Waals surface area contributed by atoms with Gasteiger partial charge in [-0.15, -0.1) is 0 Å². The summed E-state index contributed by atoms with van der Waals surface area (Å²) in [6, 6.07) is 0. The summed E-state index contributed by atoms with van der Waals surface area (Å²) in [6.45, 7) is 7.86. The van der Waals surface area contributed by atoms with Crippen molar-refractivity contribution in [2.45, 2.75) is 52.6 Å². The monoisotopic (exact) mass is 285 g/mol. The number of amides is 1. The van der Waals surface area contributed by atoms with Crippen molar-refractivity contribution in [1.82, 2.24) is 4.90 Å². The van der Waals surface area contributed by atoms with Gasteiger partial charge in [0.1, 0.15) is 0 Å². The predicted molar refractivity (Wildman–Crippen MR) is 76.3 cm³/mol. The van der Waals surface area contributed by atoms with E-state index in [1.807, 2.05) is 20.8 Å². The molecule has 0 radical (unpaired) electrons. The maximum Gasteiger partial charge on any atom is 0.307 e. The van der Waals surface area contributed by atoms with E-state index < -0.39 is 0 Å². The molecule has 1 atom stereocenters. The van der Waals surface area contributed by atoms with Crippen LogP contribution in [0.4, 0.5) is 0 Å². The van der Waals surface area contributed by atoms with E-state index in [1.54, 1.807) is 4.90 Å². The Hall–Kier alpha value is -1.10. The standard InChI is InChI=1S/C15H27NO4/c1-15(2,3)10-13(17)16(8-7-14(18)19-4)11-12-6-5-9-20-12/h12H,5-11H2,1-4H3. The second-order valence-electron chi connectivity index (χ2n) is 6.54. The topological polar surface area (TPSA) is 55.8 Å². The first-order valence-electron chi connectivity index (χ1n) is 7.28. The molecule has 0 saturated carbocycles. The van der Waals surface area contributed by atoms with Gasteiger partial charge in [-0.3, -0.25) is 9.59 Å². The van der Waals surface area contributed by atoms with Gasteiger partial charge in [0.2, 0.25) is 5.91 Å². The number of methoxy groups -OCH3 is 1. The molecule has 0 aromatic carbocycles. The summed E-state index contributed by atoms with van der Waals surface area (Å²) < 4.78 is 10.2. The molecule has 0 aliphatic carbocycles. The summed E-state index contributed by atoms with van der Waals surface area (Å²) in [7, 11) is 1.36. The Kier molecular flexibility index (Phi) is 6.46. The minimum absolute atomic E-state index is 0.0584. The first-order chi connectivity index (χ1) is 9.31. The first-order valence-corrected chi connectivity index (χ1v) is 7.28. The number of rotatable bonds is 6. The Morgan fingerprint density at radius 1 is 1.35 bits per heavy atom. The highest BCUT2D eigenvalue weighted by Crippen LogP contribution is 2.21. The van der Waals surface area contributed by atoms with E-state index in [0.717, 1.165) is 19.4 Å². The average molecular weight is 285 g/mol. The Bertz CT molecular complexity index is 329. The van der Waals surface area contributed by atoms with Gasteiger partial charge in [0.25, 0.3) is 0 Å². The largest absolute Gasteiger partial charge is 0.469 e. The van der Waals surface area contributed by atoms with Gasteiger partial charge in [-0.2, -0.15) is 0 Å². The minimum Gasteiger partial charge on any atom is -0.469 e. The van der Waals surface area contributed by atoms with Crippen molar-refractivity contribution >= 4 is 11.9 Å². The maximum atomic E-state index is 12.4. The SMILES string of the molecule is COC(=O)CCN(CC1CCCO1)C(=O)CC(C)(C)C. The fourth-order valence-electron chi connectivity index (χ4n) is 2.25. The zero-order chi connectivity index (χ0) is 15.2. The highest BCUT2D eigenvalue weighted by atomic mass is 16.5. The van der Waals surface area contributed by atoms with Crippen molar-refractivity contribution in [3.05, 3.63) is 0 Å². The summed E-state index contributed by atoms with van der Waals surface area (Å²) in [6.07, 6.45) is 2.84. The van der Waals surface area contributed by atoms with Crippen LogP contribution in [0.25, 0.3) is 0 Å².